The average Bonchev–Trinajstić information content (AvgIpc) is 2.26. The average molecular weight is 260 g/mol. The van der Waals surface area contributed by atoms with Crippen molar-refractivity contribution in [3.05, 3.63) is 27.4 Å². The zero-order valence-electron chi connectivity index (χ0n) is 9.55. The van der Waals surface area contributed by atoms with Gasteiger partial charge in [0.1, 0.15) is 0 Å². The van der Waals surface area contributed by atoms with E-state index < -0.39 is 4.92 Å². The number of rotatable bonds is 5. The maximum atomic E-state index is 10.8. The van der Waals surface area contributed by atoms with E-state index in [0.29, 0.717) is 0 Å². The van der Waals surface area contributed by atoms with Crippen molar-refractivity contribution in [3.63, 3.8) is 0 Å². The number of halogens is 1. The minimum absolute atomic E-state index is 0.118. The lowest BCUT2D eigenvalue weighted by Crippen LogP contribution is -2.30. The number of nitro groups is 1. The van der Waals surface area contributed by atoms with Crippen molar-refractivity contribution in [1.29, 1.82) is 0 Å². The molecule has 0 saturated carbocycles. The SMILES string of the molecule is CC(C)[C@@H](CO)Nc1ncc(Cl)cc1[N+](=O)[O-]. The summed E-state index contributed by atoms with van der Waals surface area (Å²) in [4.78, 5) is 14.1. The predicted molar refractivity (Wildman–Crippen MR) is 65.2 cm³/mol. The first-order valence-corrected chi connectivity index (χ1v) is 5.50. The Morgan fingerprint density at radius 3 is 2.76 bits per heavy atom. The van der Waals surface area contributed by atoms with Gasteiger partial charge in [0.05, 0.1) is 22.6 Å². The molecule has 0 radical (unpaired) electrons. The molecule has 0 bridgehead atoms. The molecular formula is C10H14ClN3O3. The largest absolute Gasteiger partial charge is 0.394 e. The van der Waals surface area contributed by atoms with Crippen LogP contribution < -0.4 is 5.32 Å². The van der Waals surface area contributed by atoms with Crippen molar-refractivity contribution in [1.82, 2.24) is 4.98 Å². The van der Waals surface area contributed by atoms with Crippen LogP contribution >= 0.6 is 11.6 Å². The van der Waals surface area contributed by atoms with Crippen LogP contribution in [0.15, 0.2) is 12.3 Å². The molecule has 0 spiro atoms. The lowest BCUT2D eigenvalue weighted by Gasteiger charge is -2.20. The zero-order valence-corrected chi connectivity index (χ0v) is 10.3. The molecule has 7 heteroatoms. The van der Waals surface area contributed by atoms with Crippen LogP contribution in [0.3, 0.4) is 0 Å². The molecular weight excluding hydrogens is 246 g/mol. The van der Waals surface area contributed by atoms with Gasteiger partial charge in [0.25, 0.3) is 0 Å². The molecule has 1 aromatic rings. The molecule has 0 fully saturated rings. The van der Waals surface area contributed by atoms with Crippen LogP contribution in [0.2, 0.25) is 5.02 Å². The summed E-state index contributed by atoms with van der Waals surface area (Å²) in [7, 11) is 0. The third-order valence-electron chi connectivity index (χ3n) is 2.35. The fraction of sp³-hybridized carbons (Fsp3) is 0.500. The Bertz CT molecular complexity index is 412. The third-order valence-corrected chi connectivity index (χ3v) is 2.56. The van der Waals surface area contributed by atoms with Gasteiger partial charge in [-0.2, -0.15) is 0 Å². The lowest BCUT2D eigenvalue weighted by molar-refractivity contribution is -0.384. The smallest absolute Gasteiger partial charge is 0.312 e. The molecule has 0 aliphatic heterocycles. The van der Waals surface area contributed by atoms with Crippen molar-refractivity contribution in [2.75, 3.05) is 11.9 Å². The van der Waals surface area contributed by atoms with Crippen molar-refractivity contribution in [2.24, 2.45) is 5.92 Å². The van der Waals surface area contributed by atoms with E-state index in [2.05, 4.69) is 10.3 Å². The van der Waals surface area contributed by atoms with E-state index in [1.165, 1.54) is 12.3 Å². The van der Waals surface area contributed by atoms with Crippen LogP contribution in [-0.2, 0) is 0 Å². The quantitative estimate of drug-likeness (QED) is 0.624. The second-order valence-electron chi connectivity index (χ2n) is 3.96. The summed E-state index contributed by atoms with van der Waals surface area (Å²) in [5.41, 5.74) is -0.198. The molecule has 94 valence electrons. The van der Waals surface area contributed by atoms with Crippen LogP contribution in [0.1, 0.15) is 13.8 Å². The summed E-state index contributed by atoms with van der Waals surface area (Å²) in [6, 6.07) is 0.938. The summed E-state index contributed by atoms with van der Waals surface area (Å²) >= 11 is 5.65. The zero-order chi connectivity index (χ0) is 13.0. The summed E-state index contributed by atoms with van der Waals surface area (Å²) in [6.45, 7) is 3.67. The second kappa shape index (κ2) is 5.79. The monoisotopic (exact) mass is 259 g/mol. The second-order valence-corrected chi connectivity index (χ2v) is 4.39. The highest BCUT2D eigenvalue weighted by Crippen LogP contribution is 2.26. The van der Waals surface area contributed by atoms with Gasteiger partial charge in [-0.05, 0) is 5.92 Å². The van der Waals surface area contributed by atoms with Crippen molar-refractivity contribution in [3.8, 4) is 0 Å². The van der Waals surface area contributed by atoms with E-state index in [4.69, 9.17) is 16.7 Å². The number of hydrogen-bond acceptors (Lipinski definition) is 5. The number of nitrogens with zero attached hydrogens (tertiary/aromatic N) is 2. The maximum absolute atomic E-state index is 10.8. The summed E-state index contributed by atoms with van der Waals surface area (Å²) in [5, 5.41) is 23.0. The van der Waals surface area contributed by atoms with E-state index in [1.54, 1.807) is 0 Å². The summed E-state index contributed by atoms with van der Waals surface area (Å²) < 4.78 is 0. The fourth-order valence-electron chi connectivity index (χ4n) is 1.28. The van der Waals surface area contributed by atoms with Crippen molar-refractivity contribution >= 4 is 23.1 Å². The first-order chi connectivity index (χ1) is 7.95. The number of anilines is 1. The van der Waals surface area contributed by atoms with Crippen LogP contribution in [0.5, 0.6) is 0 Å². The van der Waals surface area contributed by atoms with E-state index in [0.717, 1.165) is 0 Å². The Morgan fingerprint density at radius 2 is 2.29 bits per heavy atom. The third kappa shape index (κ3) is 3.54. The lowest BCUT2D eigenvalue weighted by atomic mass is 10.1. The molecule has 17 heavy (non-hydrogen) atoms. The first kappa shape index (κ1) is 13.7. The summed E-state index contributed by atoms with van der Waals surface area (Å²) in [6.07, 6.45) is 1.33. The molecule has 1 aromatic heterocycles. The first-order valence-electron chi connectivity index (χ1n) is 5.13. The molecule has 0 aliphatic rings. The summed E-state index contributed by atoms with van der Waals surface area (Å²) in [5.74, 6) is 0.240. The van der Waals surface area contributed by atoms with Gasteiger partial charge >= 0.3 is 5.69 Å². The van der Waals surface area contributed by atoms with E-state index >= 15 is 0 Å². The van der Waals surface area contributed by atoms with Crippen molar-refractivity contribution in [2.45, 2.75) is 19.9 Å². The molecule has 1 rings (SSSR count). The van der Waals surface area contributed by atoms with Gasteiger partial charge < -0.3 is 10.4 Å². The van der Waals surface area contributed by atoms with E-state index in [9.17, 15) is 10.1 Å². The standard InChI is InChI=1S/C10H14ClN3O3/c1-6(2)8(5-15)13-10-9(14(16)17)3-7(11)4-12-10/h3-4,6,8,15H,5H2,1-2H3,(H,12,13)/t8-/m1/s1. The highest BCUT2D eigenvalue weighted by atomic mass is 35.5. The van der Waals surface area contributed by atoms with Gasteiger partial charge in [-0.3, -0.25) is 10.1 Å². The Morgan fingerprint density at radius 1 is 1.65 bits per heavy atom. The number of hydrogen-bond donors (Lipinski definition) is 2. The normalized spacial score (nSPS) is 12.5. The number of pyridine rings is 1. The Hall–Kier alpha value is -1.40. The highest BCUT2D eigenvalue weighted by molar-refractivity contribution is 6.30. The molecule has 1 heterocycles. The van der Waals surface area contributed by atoms with Crippen LogP contribution in [0.4, 0.5) is 11.5 Å². The molecule has 0 aromatic carbocycles. The van der Waals surface area contributed by atoms with Gasteiger partial charge in [-0.1, -0.05) is 25.4 Å². The minimum atomic E-state index is -0.560. The fourth-order valence-corrected chi connectivity index (χ4v) is 1.43. The van der Waals surface area contributed by atoms with E-state index in [-0.39, 0.29) is 35.1 Å². The van der Waals surface area contributed by atoms with Gasteiger partial charge in [0.2, 0.25) is 5.82 Å². The van der Waals surface area contributed by atoms with E-state index in [1.807, 2.05) is 13.8 Å². The Kier molecular flexibility index (Phi) is 4.65. The Balaban J connectivity index is 3.01. The van der Waals surface area contributed by atoms with Gasteiger partial charge in [0.15, 0.2) is 0 Å². The van der Waals surface area contributed by atoms with Crippen LogP contribution in [-0.4, -0.2) is 27.7 Å². The highest BCUT2D eigenvalue weighted by Gasteiger charge is 2.20. The Labute approximate surface area is 104 Å². The molecule has 0 amide bonds. The van der Waals surface area contributed by atoms with Crippen LogP contribution in [0, 0.1) is 16.0 Å². The molecule has 0 saturated heterocycles. The maximum Gasteiger partial charge on any atom is 0.312 e. The number of aromatic nitrogens is 1. The predicted octanol–water partition coefficient (Wildman–Crippen LogP) is 2.07. The number of nitrogens with one attached hydrogen (secondary N) is 1. The minimum Gasteiger partial charge on any atom is -0.394 e. The van der Waals surface area contributed by atoms with Gasteiger partial charge in [-0.15, -0.1) is 0 Å². The van der Waals surface area contributed by atoms with Gasteiger partial charge in [-0.25, -0.2) is 4.98 Å². The van der Waals surface area contributed by atoms with Gasteiger partial charge in [0, 0.05) is 12.3 Å². The molecule has 0 unspecified atom stereocenters. The molecule has 1 atom stereocenters. The van der Waals surface area contributed by atoms with Crippen molar-refractivity contribution < 1.29 is 10.0 Å². The molecule has 0 aliphatic carbocycles. The number of aliphatic hydroxyl groups is 1. The number of aliphatic hydroxyl groups excluding tert-OH is 1. The topological polar surface area (TPSA) is 88.3 Å². The molecule has 6 nitrogen and oxygen atoms in total. The molecule has 2 N–H and O–H groups in total. The van der Waals surface area contributed by atoms with Crippen LogP contribution in [0.25, 0.3) is 0 Å².